The van der Waals surface area contributed by atoms with Gasteiger partial charge in [0.15, 0.2) is 5.65 Å². The van der Waals surface area contributed by atoms with Gasteiger partial charge in [-0.1, -0.05) is 42.5 Å². The number of hydrogen-bond acceptors (Lipinski definition) is 5. The molecule has 0 aliphatic carbocycles. The highest BCUT2D eigenvalue weighted by Crippen LogP contribution is 2.27. The van der Waals surface area contributed by atoms with Crippen molar-refractivity contribution in [1.29, 1.82) is 0 Å². The van der Waals surface area contributed by atoms with E-state index in [4.69, 9.17) is 14.8 Å². The van der Waals surface area contributed by atoms with E-state index in [2.05, 4.69) is 0 Å². The van der Waals surface area contributed by atoms with Gasteiger partial charge in [0, 0.05) is 50.3 Å². The number of methoxy groups -OCH3 is 1. The molecular formula is C26H25N5O3. The van der Waals surface area contributed by atoms with Crippen molar-refractivity contribution in [3.05, 3.63) is 72.4 Å². The van der Waals surface area contributed by atoms with Crippen molar-refractivity contribution in [3.63, 3.8) is 0 Å². The SMILES string of the molecule is COc1cccc(-c2cc(C(=O)N3CCN(C(C)=O)CC3)n3nc(-c4ccccc4)cc3n2)c1. The number of fused-ring (bicyclic) bond motifs is 1. The molecule has 2 amide bonds. The molecule has 1 saturated heterocycles. The number of benzene rings is 2. The molecule has 5 rings (SSSR count). The minimum Gasteiger partial charge on any atom is -0.497 e. The predicted octanol–water partition coefficient (Wildman–Crippen LogP) is 3.38. The van der Waals surface area contributed by atoms with E-state index in [0.717, 1.165) is 16.8 Å². The largest absolute Gasteiger partial charge is 0.497 e. The van der Waals surface area contributed by atoms with E-state index in [1.165, 1.54) is 0 Å². The zero-order valence-corrected chi connectivity index (χ0v) is 19.1. The lowest BCUT2D eigenvalue weighted by Gasteiger charge is -2.34. The molecule has 0 N–H and O–H groups in total. The molecule has 1 aliphatic rings. The standard InChI is InChI=1S/C26H25N5O3/c1-18(32)29-11-13-30(14-12-29)26(33)24-16-22(20-9-6-10-21(15-20)34-2)27-25-17-23(28-31(24)25)19-7-4-3-5-8-19/h3-10,15-17H,11-14H2,1-2H3. The van der Waals surface area contributed by atoms with Crippen LogP contribution in [0.4, 0.5) is 0 Å². The average molecular weight is 456 g/mol. The van der Waals surface area contributed by atoms with Gasteiger partial charge in [0.05, 0.1) is 18.5 Å². The second-order valence-corrected chi connectivity index (χ2v) is 8.22. The van der Waals surface area contributed by atoms with Gasteiger partial charge in [-0.2, -0.15) is 5.10 Å². The fourth-order valence-corrected chi connectivity index (χ4v) is 4.19. The third-order valence-electron chi connectivity index (χ3n) is 6.09. The van der Waals surface area contributed by atoms with Gasteiger partial charge < -0.3 is 14.5 Å². The maximum Gasteiger partial charge on any atom is 0.272 e. The van der Waals surface area contributed by atoms with Gasteiger partial charge in [-0.3, -0.25) is 9.59 Å². The second-order valence-electron chi connectivity index (χ2n) is 8.22. The van der Waals surface area contributed by atoms with Gasteiger partial charge in [0.2, 0.25) is 5.91 Å². The number of piperazine rings is 1. The van der Waals surface area contributed by atoms with E-state index in [9.17, 15) is 9.59 Å². The lowest BCUT2D eigenvalue weighted by atomic mass is 10.1. The summed E-state index contributed by atoms with van der Waals surface area (Å²) in [7, 11) is 1.62. The lowest BCUT2D eigenvalue weighted by Crippen LogP contribution is -2.50. The maximum atomic E-state index is 13.7. The smallest absolute Gasteiger partial charge is 0.272 e. The molecule has 2 aromatic heterocycles. The average Bonchev–Trinajstić information content (AvgIpc) is 3.33. The Morgan fingerprint density at radius 1 is 0.824 bits per heavy atom. The van der Waals surface area contributed by atoms with Gasteiger partial charge in [-0.25, -0.2) is 9.50 Å². The van der Waals surface area contributed by atoms with Crippen molar-refractivity contribution in [2.24, 2.45) is 0 Å². The molecule has 0 unspecified atom stereocenters. The quantitative estimate of drug-likeness (QED) is 0.471. The van der Waals surface area contributed by atoms with Crippen molar-refractivity contribution in [2.45, 2.75) is 6.92 Å². The molecule has 4 aromatic rings. The van der Waals surface area contributed by atoms with Crippen LogP contribution < -0.4 is 4.74 Å². The minimum atomic E-state index is -0.137. The number of amides is 2. The fraction of sp³-hybridized carbons (Fsp3) is 0.231. The normalized spacial score (nSPS) is 13.8. The van der Waals surface area contributed by atoms with Gasteiger partial charge >= 0.3 is 0 Å². The number of nitrogens with zero attached hydrogens (tertiary/aromatic N) is 5. The van der Waals surface area contributed by atoms with Crippen molar-refractivity contribution in [2.75, 3.05) is 33.3 Å². The summed E-state index contributed by atoms with van der Waals surface area (Å²) < 4.78 is 6.99. The Balaban J connectivity index is 1.60. The maximum absolute atomic E-state index is 13.7. The Labute approximate surface area is 197 Å². The van der Waals surface area contributed by atoms with Gasteiger partial charge in [0.1, 0.15) is 11.4 Å². The molecule has 8 heteroatoms. The molecule has 1 aliphatic heterocycles. The van der Waals surface area contributed by atoms with Crippen LogP contribution in [0.2, 0.25) is 0 Å². The first-order valence-electron chi connectivity index (χ1n) is 11.2. The Bertz CT molecular complexity index is 1360. The number of aromatic nitrogens is 3. The second kappa shape index (κ2) is 8.97. The van der Waals surface area contributed by atoms with Crippen molar-refractivity contribution >= 4 is 17.5 Å². The molecule has 0 radical (unpaired) electrons. The van der Waals surface area contributed by atoms with Crippen molar-refractivity contribution in [3.8, 4) is 28.3 Å². The highest BCUT2D eigenvalue weighted by atomic mass is 16.5. The molecular weight excluding hydrogens is 430 g/mol. The summed E-state index contributed by atoms with van der Waals surface area (Å²) in [5.74, 6) is 0.603. The third-order valence-corrected chi connectivity index (χ3v) is 6.09. The summed E-state index contributed by atoms with van der Waals surface area (Å²) in [5.41, 5.74) is 4.22. The van der Waals surface area contributed by atoms with Crippen LogP contribution in [-0.2, 0) is 4.79 Å². The highest BCUT2D eigenvalue weighted by molar-refractivity contribution is 5.94. The van der Waals surface area contributed by atoms with Gasteiger partial charge in [-0.05, 0) is 18.2 Å². The summed E-state index contributed by atoms with van der Waals surface area (Å²) in [4.78, 5) is 33.7. The third kappa shape index (κ3) is 4.10. The molecule has 0 saturated carbocycles. The van der Waals surface area contributed by atoms with Crippen LogP contribution in [0, 0.1) is 0 Å². The molecule has 34 heavy (non-hydrogen) atoms. The molecule has 0 atom stereocenters. The molecule has 172 valence electrons. The Kier molecular flexibility index (Phi) is 5.71. The topological polar surface area (TPSA) is 80.0 Å². The zero-order chi connectivity index (χ0) is 23.7. The molecule has 0 spiro atoms. The molecule has 3 heterocycles. The van der Waals surface area contributed by atoms with Crippen molar-refractivity contribution < 1.29 is 14.3 Å². The number of carbonyl (C=O) groups excluding carboxylic acids is 2. The van der Waals surface area contributed by atoms with E-state index in [1.54, 1.807) is 34.4 Å². The van der Waals surface area contributed by atoms with Crippen LogP contribution in [0.15, 0.2) is 66.7 Å². The fourth-order valence-electron chi connectivity index (χ4n) is 4.19. The zero-order valence-electron chi connectivity index (χ0n) is 19.1. The number of rotatable bonds is 4. The Morgan fingerprint density at radius 2 is 1.53 bits per heavy atom. The molecule has 0 bridgehead atoms. The van der Waals surface area contributed by atoms with E-state index < -0.39 is 0 Å². The van der Waals surface area contributed by atoms with Crippen LogP contribution in [0.25, 0.3) is 28.2 Å². The first-order valence-corrected chi connectivity index (χ1v) is 11.2. The van der Waals surface area contributed by atoms with Gasteiger partial charge in [-0.15, -0.1) is 0 Å². The first kappa shape index (κ1) is 21.6. The van der Waals surface area contributed by atoms with Crippen LogP contribution >= 0.6 is 0 Å². The number of hydrogen-bond donors (Lipinski definition) is 0. The Morgan fingerprint density at radius 3 is 2.24 bits per heavy atom. The summed E-state index contributed by atoms with van der Waals surface area (Å²) >= 11 is 0. The van der Waals surface area contributed by atoms with Gasteiger partial charge in [0.25, 0.3) is 5.91 Å². The molecule has 1 fully saturated rings. The van der Waals surface area contributed by atoms with E-state index in [0.29, 0.717) is 49.0 Å². The summed E-state index contributed by atoms with van der Waals surface area (Å²) in [6, 6.07) is 21.1. The van der Waals surface area contributed by atoms with E-state index in [1.807, 2.05) is 60.7 Å². The van der Waals surface area contributed by atoms with E-state index >= 15 is 0 Å². The molecule has 8 nitrogen and oxygen atoms in total. The molecule has 2 aromatic carbocycles. The summed E-state index contributed by atoms with van der Waals surface area (Å²) in [6.45, 7) is 3.55. The first-order chi connectivity index (χ1) is 16.5. The Hall–Kier alpha value is -4.20. The van der Waals surface area contributed by atoms with Crippen LogP contribution in [0.5, 0.6) is 5.75 Å². The predicted molar refractivity (Wildman–Crippen MR) is 129 cm³/mol. The van der Waals surface area contributed by atoms with Crippen LogP contribution in [-0.4, -0.2) is 69.5 Å². The van der Waals surface area contributed by atoms with E-state index in [-0.39, 0.29) is 11.8 Å². The minimum absolute atomic E-state index is 0.0262. The van der Waals surface area contributed by atoms with Crippen LogP contribution in [0.3, 0.4) is 0 Å². The van der Waals surface area contributed by atoms with Crippen molar-refractivity contribution in [1.82, 2.24) is 24.4 Å². The number of carbonyl (C=O) groups is 2. The highest BCUT2D eigenvalue weighted by Gasteiger charge is 2.26. The lowest BCUT2D eigenvalue weighted by molar-refractivity contribution is -0.130. The monoisotopic (exact) mass is 455 g/mol. The summed E-state index contributed by atoms with van der Waals surface area (Å²) in [6.07, 6.45) is 0. The number of ether oxygens (including phenoxy) is 1. The summed E-state index contributed by atoms with van der Waals surface area (Å²) in [5, 5.41) is 4.73. The van der Waals surface area contributed by atoms with Crippen LogP contribution in [0.1, 0.15) is 17.4 Å².